The van der Waals surface area contributed by atoms with Gasteiger partial charge in [-0.1, -0.05) is 6.08 Å². The van der Waals surface area contributed by atoms with Crippen LogP contribution in [0, 0.1) is 0 Å². The van der Waals surface area contributed by atoms with Gasteiger partial charge in [-0.2, -0.15) is 5.10 Å². The molecular weight excluding hydrogens is 188 g/mol. The predicted molar refractivity (Wildman–Crippen MR) is 59.3 cm³/mol. The van der Waals surface area contributed by atoms with E-state index in [9.17, 15) is 0 Å². The van der Waals surface area contributed by atoms with Crippen molar-refractivity contribution < 1.29 is 0 Å². The molecule has 0 amide bonds. The van der Waals surface area contributed by atoms with Crippen molar-refractivity contribution in [2.45, 2.75) is 18.9 Å². The van der Waals surface area contributed by atoms with Gasteiger partial charge in [-0.05, 0) is 12.8 Å². The third-order valence-electron chi connectivity index (χ3n) is 2.44. The fourth-order valence-electron chi connectivity index (χ4n) is 1.59. The van der Waals surface area contributed by atoms with Gasteiger partial charge in [0.2, 0.25) is 0 Å². The normalized spacial score (nSPS) is 12.9. The molecule has 4 nitrogen and oxygen atoms in total. The minimum atomic E-state index is 0.00435. The van der Waals surface area contributed by atoms with Gasteiger partial charge < -0.3 is 5.73 Å². The van der Waals surface area contributed by atoms with Crippen molar-refractivity contribution in [3.8, 4) is 0 Å². The number of nitrogens with zero attached hydrogens (tertiary/aromatic N) is 3. The zero-order valence-electron chi connectivity index (χ0n) is 8.50. The van der Waals surface area contributed by atoms with Crippen molar-refractivity contribution in [2.24, 2.45) is 5.73 Å². The average molecular weight is 202 g/mol. The molecule has 15 heavy (non-hydrogen) atoms. The van der Waals surface area contributed by atoms with E-state index in [-0.39, 0.29) is 6.04 Å². The van der Waals surface area contributed by atoms with E-state index in [1.54, 1.807) is 16.9 Å². The smallest absolute Gasteiger partial charge is 0.0892 e. The van der Waals surface area contributed by atoms with Gasteiger partial charge in [-0.15, -0.1) is 6.58 Å². The van der Waals surface area contributed by atoms with Crippen LogP contribution in [0.5, 0.6) is 0 Å². The molecule has 2 heterocycles. The predicted octanol–water partition coefficient (Wildman–Crippen LogP) is 1.70. The Bertz CT molecular complexity index is 460. The Morgan fingerprint density at radius 1 is 1.53 bits per heavy atom. The van der Waals surface area contributed by atoms with Gasteiger partial charge in [0, 0.05) is 24.0 Å². The van der Waals surface area contributed by atoms with E-state index in [1.165, 1.54) is 0 Å². The topological polar surface area (TPSA) is 56.2 Å². The molecule has 2 aromatic heterocycles. The van der Waals surface area contributed by atoms with E-state index >= 15 is 0 Å². The molecule has 2 N–H and O–H groups in total. The molecule has 0 aromatic carbocycles. The molecule has 0 saturated carbocycles. The van der Waals surface area contributed by atoms with E-state index in [4.69, 9.17) is 5.73 Å². The van der Waals surface area contributed by atoms with Crippen LogP contribution in [0.3, 0.4) is 0 Å². The van der Waals surface area contributed by atoms with Crippen molar-refractivity contribution in [1.82, 2.24) is 14.6 Å². The minimum Gasteiger partial charge on any atom is -0.324 e. The standard InChI is InChI=1S/C11H14N4/c1-2-3-4-10(12)9-7-14-15-6-5-13-8-11(9)15/h2,5-8,10H,1,3-4,12H2. The molecule has 78 valence electrons. The summed E-state index contributed by atoms with van der Waals surface area (Å²) in [6.45, 7) is 3.69. The number of hydrogen-bond acceptors (Lipinski definition) is 3. The van der Waals surface area contributed by atoms with E-state index in [0.717, 1.165) is 23.9 Å². The molecule has 2 rings (SSSR count). The summed E-state index contributed by atoms with van der Waals surface area (Å²) in [5.74, 6) is 0. The van der Waals surface area contributed by atoms with Gasteiger partial charge in [0.25, 0.3) is 0 Å². The fourth-order valence-corrected chi connectivity index (χ4v) is 1.59. The van der Waals surface area contributed by atoms with E-state index in [0.29, 0.717) is 0 Å². The molecule has 0 spiro atoms. The second-order valence-corrected chi connectivity index (χ2v) is 3.48. The van der Waals surface area contributed by atoms with Crippen molar-refractivity contribution in [1.29, 1.82) is 0 Å². The van der Waals surface area contributed by atoms with Crippen LogP contribution in [0.4, 0.5) is 0 Å². The molecule has 0 radical (unpaired) electrons. The van der Waals surface area contributed by atoms with Crippen molar-refractivity contribution in [3.63, 3.8) is 0 Å². The fraction of sp³-hybridized carbons (Fsp3) is 0.273. The van der Waals surface area contributed by atoms with E-state index in [1.807, 2.05) is 18.5 Å². The maximum Gasteiger partial charge on any atom is 0.0892 e. The van der Waals surface area contributed by atoms with Gasteiger partial charge in [0.1, 0.15) is 0 Å². The Morgan fingerprint density at radius 2 is 2.40 bits per heavy atom. The molecule has 1 unspecified atom stereocenters. The second kappa shape index (κ2) is 4.23. The second-order valence-electron chi connectivity index (χ2n) is 3.48. The highest BCUT2D eigenvalue weighted by molar-refractivity contribution is 5.52. The third-order valence-corrected chi connectivity index (χ3v) is 2.44. The van der Waals surface area contributed by atoms with Crippen molar-refractivity contribution in [2.75, 3.05) is 0 Å². The monoisotopic (exact) mass is 202 g/mol. The van der Waals surface area contributed by atoms with Gasteiger partial charge in [0.05, 0.1) is 17.9 Å². The highest BCUT2D eigenvalue weighted by Gasteiger charge is 2.11. The lowest BCUT2D eigenvalue weighted by Crippen LogP contribution is -2.09. The van der Waals surface area contributed by atoms with Gasteiger partial charge in [-0.25, -0.2) is 4.52 Å². The lowest BCUT2D eigenvalue weighted by molar-refractivity contribution is 0.666. The summed E-state index contributed by atoms with van der Waals surface area (Å²) >= 11 is 0. The average Bonchev–Trinajstić information content (AvgIpc) is 2.69. The summed E-state index contributed by atoms with van der Waals surface area (Å²) in [6, 6.07) is 0.00435. The maximum atomic E-state index is 6.06. The van der Waals surface area contributed by atoms with Crippen LogP contribution in [0.1, 0.15) is 24.4 Å². The summed E-state index contributed by atoms with van der Waals surface area (Å²) < 4.78 is 1.79. The third kappa shape index (κ3) is 1.89. The van der Waals surface area contributed by atoms with Gasteiger partial charge >= 0.3 is 0 Å². The quantitative estimate of drug-likeness (QED) is 0.768. The van der Waals surface area contributed by atoms with Gasteiger partial charge in [0.15, 0.2) is 0 Å². The number of rotatable bonds is 4. The van der Waals surface area contributed by atoms with Crippen LogP contribution in [0.15, 0.2) is 37.4 Å². The number of allylic oxidation sites excluding steroid dienone is 1. The van der Waals surface area contributed by atoms with Crippen LogP contribution in [-0.2, 0) is 0 Å². The van der Waals surface area contributed by atoms with Crippen LogP contribution in [0.25, 0.3) is 5.52 Å². The van der Waals surface area contributed by atoms with Crippen LogP contribution in [-0.4, -0.2) is 14.6 Å². The van der Waals surface area contributed by atoms with E-state index < -0.39 is 0 Å². The molecule has 0 aliphatic heterocycles. The molecule has 0 bridgehead atoms. The summed E-state index contributed by atoms with van der Waals surface area (Å²) in [7, 11) is 0. The summed E-state index contributed by atoms with van der Waals surface area (Å²) in [5, 5.41) is 4.22. The largest absolute Gasteiger partial charge is 0.324 e. The summed E-state index contributed by atoms with van der Waals surface area (Å²) in [5.41, 5.74) is 8.09. The molecule has 1 atom stereocenters. The number of hydrogen-bond donors (Lipinski definition) is 1. The van der Waals surface area contributed by atoms with Crippen molar-refractivity contribution in [3.05, 3.63) is 43.0 Å². The Morgan fingerprint density at radius 3 is 3.20 bits per heavy atom. The van der Waals surface area contributed by atoms with E-state index in [2.05, 4.69) is 16.7 Å². The Labute approximate surface area is 88.4 Å². The molecule has 0 aliphatic carbocycles. The Kier molecular flexibility index (Phi) is 2.78. The highest BCUT2D eigenvalue weighted by Crippen LogP contribution is 2.20. The Hall–Kier alpha value is -1.68. The van der Waals surface area contributed by atoms with Gasteiger partial charge in [-0.3, -0.25) is 4.98 Å². The Balaban J connectivity index is 2.30. The first-order chi connectivity index (χ1) is 7.33. The van der Waals surface area contributed by atoms with Crippen LogP contribution in [0.2, 0.25) is 0 Å². The number of fused-ring (bicyclic) bond motifs is 1. The zero-order chi connectivity index (χ0) is 10.7. The minimum absolute atomic E-state index is 0.00435. The highest BCUT2D eigenvalue weighted by atomic mass is 15.2. The van der Waals surface area contributed by atoms with Crippen LogP contribution >= 0.6 is 0 Å². The maximum absolute atomic E-state index is 6.06. The lowest BCUT2D eigenvalue weighted by Gasteiger charge is -2.07. The lowest BCUT2D eigenvalue weighted by atomic mass is 10.1. The first kappa shape index (κ1) is 9.86. The first-order valence-corrected chi connectivity index (χ1v) is 4.96. The summed E-state index contributed by atoms with van der Waals surface area (Å²) in [6.07, 6.45) is 10.8. The van der Waals surface area contributed by atoms with Crippen molar-refractivity contribution >= 4 is 5.52 Å². The first-order valence-electron chi connectivity index (χ1n) is 4.96. The summed E-state index contributed by atoms with van der Waals surface area (Å²) in [4.78, 5) is 4.07. The SMILES string of the molecule is C=CCCC(N)c1cnn2ccncc12. The molecule has 2 aromatic rings. The molecular formula is C11H14N4. The molecule has 0 aliphatic rings. The number of nitrogens with two attached hydrogens (primary N) is 1. The molecule has 0 saturated heterocycles. The molecule has 4 heteroatoms. The molecule has 0 fully saturated rings. The number of aromatic nitrogens is 3. The van der Waals surface area contributed by atoms with Crippen LogP contribution < -0.4 is 5.73 Å². The zero-order valence-corrected chi connectivity index (χ0v) is 8.50.